The van der Waals surface area contributed by atoms with Crippen molar-refractivity contribution in [3.8, 4) is 0 Å². The van der Waals surface area contributed by atoms with Crippen LogP contribution in [0, 0.1) is 0 Å². The van der Waals surface area contributed by atoms with Gasteiger partial charge in [-0.1, -0.05) is 12.1 Å². The van der Waals surface area contributed by atoms with Gasteiger partial charge in [0.2, 0.25) is 5.91 Å². The van der Waals surface area contributed by atoms with E-state index in [1.165, 1.54) is 0 Å². The van der Waals surface area contributed by atoms with Gasteiger partial charge in [-0.25, -0.2) is 0 Å². The fourth-order valence-corrected chi connectivity index (χ4v) is 3.39. The number of anilines is 1. The number of rotatable bonds is 6. The average molecular weight is 361 g/mol. The van der Waals surface area contributed by atoms with Crippen LogP contribution in [0.15, 0.2) is 24.3 Å². The number of hydrogen-bond acceptors (Lipinski definition) is 5. The first-order valence-corrected chi connectivity index (χ1v) is 9.25. The van der Waals surface area contributed by atoms with Gasteiger partial charge in [-0.05, 0) is 24.1 Å². The van der Waals surface area contributed by atoms with Gasteiger partial charge in [-0.2, -0.15) is 0 Å². The Hall–Kier alpha value is -2.12. The van der Waals surface area contributed by atoms with E-state index in [9.17, 15) is 9.59 Å². The van der Waals surface area contributed by atoms with Gasteiger partial charge in [0.15, 0.2) is 0 Å². The molecule has 0 aliphatic carbocycles. The van der Waals surface area contributed by atoms with E-state index in [0.29, 0.717) is 26.2 Å². The number of hydrogen-bond donors (Lipinski definition) is 1. The van der Waals surface area contributed by atoms with Gasteiger partial charge >= 0.3 is 5.97 Å². The average Bonchev–Trinajstić information content (AvgIpc) is 2.68. The van der Waals surface area contributed by atoms with E-state index in [4.69, 9.17) is 9.84 Å². The van der Waals surface area contributed by atoms with E-state index in [0.717, 1.165) is 50.5 Å². The highest BCUT2D eigenvalue weighted by Gasteiger charge is 2.23. The molecule has 0 aromatic heterocycles. The first-order chi connectivity index (χ1) is 12.6. The van der Waals surface area contributed by atoms with Crippen LogP contribution < -0.4 is 4.90 Å². The van der Waals surface area contributed by atoms with E-state index in [1.807, 2.05) is 29.2 Å². The molecule has 3 rings (SSSR count). The Morgan fingerprint density at radius 2 is 1.62 bits per heavy atom. The molecule has 0 radical (unpaired) electrons. The van der Waals surface area contributed by atoms with Gasteiger partial charge in [-0.3, -0.25) is 14.5 Å². The predicted molar refractivity (Wildman–Crippen MR) is 98.5 cm³/mol. The van der Waals surface area contributed by atoms with Gasteiger partial charge in [-0.15, -0.1) is 0 Å². The van der Waals surface area contributed by atoms with Gasteiger partial charge in [0, 0.05) is 51.4 Å². The number of aryl methyl sites for hydroxylation is 1. The molecule has 7 nitrogen and oxygen atoms in total. The maximum Gasteiger partial charge on any atom is 0.303 e. The van der Waals surface area contributed by atoms with Gasteiger partial charge < -0.3 is 19.6 Å². The Bertz CT molecular complexity index is 606. The largest absolute Gasteiger partial charge is 0.481 e. The Morgan fingerprint density at radius 3 is 2.23 bits per heavy atom. The number of aliphatic carboxylic acids is 1. The van der Waals surface area contributed by atoms with Gasteiger partial charge in [0.1, 0.15) is 0 Å². The molecule has 1 amide bonds. The summed E-state index contributed by atoms with van der Waals surface area (Å²) in [5.41, 5.74) is 2.17. The van der Waals surface area contributed by atoms with Crippen molar-refractivity contribution < 1.29 is 19.4 Å². The minimum atomic E-state index is -0.771. The molecule has 0 bridgehead atoms. The van der Waals surface area contributed by atoms with Crippen molar-refractivity contribution in [1.82, 2.24) is 9.80 Å². The molecule has 1 aromatic rings. The molecule has 2 fully saturated rings. The van der Waals surface area contributed by atoms with Crippen LogP contribution in [0.3, 0.4) is 0 Å². The van der Waals surface area contributed by atoms with Crippen LogP contribution in [-0.2, 0) is 20.7 Å². The monoisotopic (exact) mass is 361 g/mol. The third-order valence-corrected chi connectivity index (χ3v) is 5.02. The van der Waals surface area contributed by atoms with Crippen LogP contribution in [0.1, 0.15) is 12.0 Å². The first-order valence-electron chi connectivity index (χ1n) is 9.25. The zero-order valence-corrected chi connectivity index (χ0v) is 15.1. The number of amides is 1. The number of morpholine rings is 1. The SMILES string of the molecule is O=C(O)CCc1ccc(N2CCN(C(=O)CN3CCOCC3)CC2)cc1. The van der Waals surface area contributed by atoms with E-state index >= 15 is 0 Å². The lowest BCUT2D eigenvalue weighted by atomic mass is 10.1. The second-order valence-corrected chi connectivity index (χ2v) is 6.82. The maximum absolute atomic E-state index is 12.5. The summed E-state index contributed by atoms with van der Waals surface area (Å²) in [6, 6.07) is 8.08. The fourth-order valence-electron chi connectivity index (χ4n) is 3.39. The summed E-state index contributed by atoms with van der Waals surface area (Å²) in [5.74, 6) is -0.567. The van der Waals surface area contributed by atoms with Crippen molar-refractivity contribution in [2.24, 2.45) is 0 Å². The second-order valence-electron chi connectivity index (χ2n) is 6.82. The topological polar surface area (TPSA) is 73.3 Å². The lowest BCUT2D eigenvalue weighted by Gasteiger charge is -2.37. The van der Waals surface area contributed by atoms with Crippen LogP contribution in [0.2, 0.25) is 0 Å². The molecule has 1 aromatic carbocycles. The second kappa shape index (κ2) is 9.00. The van der Waals surface area contributed by atoms with E-state index in [2.05, 4.69) is 9.80 Å². The third-order valence-electron chi connectivity index (χ3n) is 5.02. The van der Waals surface area contributed by atoms with Gasteiger partial charge in [0.25, 0.3) is 0 Å². The lowest BCUT2D eigenvalue weighted by molar-refractivity contribution is -0.137. The summed E-state index contributed by atoms with van der Waals surface area (Å²) >= 11 is 0. The van der Waals surface area contributed by atoms with Crippen LogP contribution in [0.25, 0.3) is 0 Å². The molecule has 26 heavy (non-hydrogen) atoms. The van der Waals surface area contributed by atoms with Crippen molar-refractivity contribution in [3.63, 3.8) is 0 Å². The first kappa shape index (κ1) is 18.7. The number of benzene rings is 1. The maximum atomic E-state index is 12.5. The summed E-state index contributed by atoms with van der Waals surface area (Å²) in [6.07, 6.45) is 0.711. The number of carboxylic acid groups (broad SMARTS) is 1. The van der Waals surface area contributed by atoms with Crippen LogP contribution in [0.4, 0.5) is 5.69 Å². The molecule has 7 heteroatoms. The Balaban J connectivity index is 1.45. The zero-order valence-electron chi connectivity index (χ0n) is 15.1. The normalized spacial score (nSPS) is 18.8. The molecule has 2 saturated heterocycles. The molecule has 2 aliphatic heterocycles. The zero-order chi connectivity index (χ0) is 18.4. The summed E-state index contributed by atoms with van der Waals surface area (Å²) in [4.78, 5) is 29.5. The summed E-state index contributed by atoms with van der Waals surface area (Å²) in [5, 5.41) is 8.76. The standard InChI is InChI=1S/C19H27N3O4/c23-18(15-20-11-13-26-14-12-20)22-9-7-21(8-10-22)17-4-1-16(2-5-17)3-6-19(24)25/h1-2,4-5H,3,6-15H2,(H,24,25). The predicted octanol–water partition coefficient (Wildman–Crippen LogP) is 0.685. The van der Waals surface area contributed by atoms with Crippen molar-refractivity contribution >= 4 is 17.6 Å². The molecule has 0 atom stereocenters. The smallest absolute Gasteiger partial charge is 0.303 e. The highest BCUT2D eigenvalue weighted by Crippen LogP contribution is 2.18. The molecule has 0 saturated carbocycles. The number of carbonyl (C=O) groups excluding carboxylic acids is 1. The molecule has 142 valence electrons. The molecule has 1 N–H and O–H groups in total. The molecule has 2 heterocycles. The number of piperazine rings is 1. The lowest BCUT2D eigenvalue weighted by Crippen LogP contribution is -2.52. The van der Waals surface area contributed by atoms with Crippen molar-refractivity contribution in [3.05, 3.63) is 29.8 Å². The quantitative estimate of drug-likeness (QED) is 0.804. The molecule has 2 aliphatic rings. The number of nitrogens with zero attached hydrogens (tertiary/aromatic N) is 3. The van der Waals surface area contributed by atoms with Crippen molar-refractivity contribution in [2.75, 3.05) is 63.9 Å². The summed E-state index contributed by atoms with van der Waals surface area (Å²) < 4.78 is 5.32. The number of ether oxygens (including phenoxy) is 1. The van der Waals surface area contributed by atoms with Gasteiger partial charge in [0.05, 0.1) is 19.8 Å². The van der Waals surface area contributed by atoms with Crippen molar-refractivity contribution in [2.45, 2.75) is 12.8 Å². The van der Waals surface area contributed by atoms with E-state index in [1.54, 1.807) is 0 Å². The van der Waals surface area contributed by atoms with Crippen LogP contribution in [0.5, 0.6) is 0 Å². The minimum absolute atomic E-state index is 0.156. The molecule has 0 unspecified atom stereocenters. The number of carboxylic acids is 1. The van der Waals surface area contributed by atoms with Crippen molar-refractivity contribution in [1.29, 1.82) is 0 Å². The van der Waals surface area contributed by atoms with Crippen LogP contribution >= 0.6 is 0 Å². The minimum Gasteiger partial charge on any atom is -0.481 e. The Kier molecular flexibility index (Phi) is 6.46. The third kappa shape index (κ3) is 5.19. The summed E-state index contributed by atoms with van der Waals surface area (Å²) in [7, 11) is 0. The highest BCUT2D eigenvalue weighted by atomic mass is 16.5. The van der Waals surface area contributed by atoms with E-state index < -0.39 is 5.97 Å². The Morgan fingerprint density at radius 1 is 0.962 bits per heavy atom. The summed E-state index contributed by atoms with van der Waals surface area (Å²) in [6.45, 7) is 6.70. The van der Waals surface area contributed by atoms with E-state index in [-0.39, 0.29) is 12.3 Å². The molecule has 0 spiro atoms. The number of carbonyl (C=O) groups is 2. The fraction of sp³-hybridized carbons (Fsp3) is 0.579. The Labute approximate surface area is 154 Å². The highest BCUT2D eigenvalue weighted by molar-refractivity contribution is 5.78. The molecular weight excluding hydrogens is 334 g/mol. The molecular formula is C19H27N3O4. The van der Waals surface area contributed by atoms with Crippen LogP contribution in [-0.4, -0.2) is 85.8 Å².